The van der Waals surface area contributed by atoms with Gasteiger partial charge in [0.05, 0.1) is 17.8 Å². The monoisotopic (exact) mass is 813 g/mol. The van der Waals surface area contributed by atoms with Crippen LogP contribution in [0.25, 0.3) is 0 Å². The molecule has 0 heterocycles. The van der Waals surface area contributed by atoms with E-state index in [1.807, 2.05) is 0 Å². The molecule has 4 saturated carbocycles. The molecule has 306 valence electrons. The molecule has 5 nitrogen and oxygen atoms in total. The second-order valence-corrected chi connectivity index (χ2v) is 46.5. The summed E-state index contributed by atoms with van der Waals surface area (Å²) in [5.41, 5.74) is 0.199. The van der Waals surface area contributed by atoms with E-state index in [1.165, 1.54) is 51.4 Å². The summed E-state index contributed by atoms with van der Waals surface area (Å²) >= 11 is 0. The van der Waals surface area contributed by atoms with Gasteiger partial charge in [-0.1, -0.05) is 20.8 Å². The molecule has 0 bridgehead atoms. The van der Waals surface area contributed by atoms with E-state index in [0.717, 1.165) is 6.42 Å². The molecule has 0 radical (unpaired) electrons. The van der Waals surface area contributed by atoms with Crippen LogP contribution < -0.4 is 0 Å². The second kappa shape index (κ2) is 15.6. The first-order valence-corrected chi connectivity index (χ1v) is 38.7. The van der Waals surface area contributed by atoms with Gasteiger partial charge in [-0.05, 0) is 216 Å². The standard InChI is InChI=1S/C42H88O5Si5/c1-30(21-24-37(45-50(12,13)14)40(2,3)47-52(18,19)20)33-22-23-34-39-35(29-38(42(33,34)5)46-51(15,16)17)41(4)26-25-32(43-48(6,7)8)27-31(41)28-36(39)44-49(9,10)11/h30-39H,21-29H2,1-20H3/t30-,31?,32?,33-,34+,35+,36?,37?,38?,39+,41+,42-/m1/s1. The minimum absolute atomic E-state index is 0.118. The van der Waals surface area contributed by atoms with E-state index in [2.05, 4.69) is 133 Å². The molecular formula is C42H88O5Si5. The Morgan fingerprint density at radius 3 is 1.73 bits per heavy atom. The van der Waals surface area contributed by atoms with Crippen LogP contribution in [0.4, 0.5) is 0 Å². The highest BCUT2D eigenvalue weighted by Gasteiger charge is 2.67. The van der Waals surface area contributed by atoms with Gasteiger partial charge in [-0.2, -0.15) is 0 Å². The van der Waals surface area contributed by atoms with E-state index in [1.54, 1.807) is 0 Å². The van der Waals surface area contributed by atoms with Gasteiger partial charge >= 0.3 is 0 Å². The van der Waals surface area contributed by atoms with Crippen molar-refractivity contribution in [2.24, 2.45) is 46.3 Å². The summed E-state index contributed by atoms with van der Waals surface area (Å²) in [6, 6.07) is 0. The summed E-state index contributed by atoms with van der Waals surface area (Å²) in [5, 5.41) is 0. The molecule has 0 aromatic carbocycles. The molecule has 10 heteroatoms. The van der Waals surface area contributed by atoms with E-state index < -0.39 is 41.6 Å². The molecule has 4 aliphatic rings. The van der Waals surface area contributed by atoms with E-state index in [9.17, 15) is 0 Å². The molecule has 0 amide bonds. The Hall–Kier alpha value is 0.884. The average Bonchev–Trinajstić information content (AvgIpc) is 3.26. The van der Waals surface area contributed by atoms with Crippen molar-refractivity contribution in [1.29, 1.82) is 0 Å². The number of rotatable bonds is 15. The molecule has 0 aliphatic heterocycles. The highest BCUT2D eigenvalue weighted by Crippen LogP contribution is 2.70. The summed E-state index contributed by atoms with van der Waals surface area (Å²) in [6.07, 6.45) is 12.3. The van der Waals surface area contributed by atoms with Gasteiger partial charge in [0.1, 0.15) is 0 Å². The van der Waals surface area contributed by atoms with Crippen LogP contribution in [0.2, 0.25) is 98.2 Å². The van der Waals surface area contributed by atoms with Crippen molar-refractivity contribution in [3.63, 3.8) is 0 Å². The summed E-state index contributed by atoms with van der Waals surface area (Å²) < 4.78 is 35.7. The zero-order chi connectivity index (χ0) is 39.7. The second-order valence-electron chi connectivity index (χ2n) is 24.2. The van der Waals surface area contributed by atoms with Crippen LogP contribution in [0.3, 0.4) is 0 Å². The van der Waals surface area contributed by atoms with Gasteiger partial charge in [0.15, 0.2) is 41.6 Å². The van der Waals surface area contributed by atoms with Gasteiger partial charge in [-0.3, -0.25) is 0 Å². The lowest BCUT2D eigenvalue weighted by atomic mass is 9.43. The van der Waals surface area contributed by atoms with Gasteiger partial charge in [0.25, 0.3) is 0 Å². The molecule has 0 N–H and O–H groups in total. The summed E-state index contributed by atoms with van der Waals surface area (Å²) in [5.74, 6) is 3.85. The highest BCUT2D eigenvalue weighted by molar-refractivity contribution is 6.71. The maximum Gasteiger partial charge on any atom is 0.184 e. The zero-order valence-electron chi connectivity index (χ0n) is 38.2. The predicted molar refractivity (Wildman–Crippen MR) is 236 cm³/mol. The third kappa shape index (κ3) is 11.1. The average molecular weight is 814 g/mol. The van der Waals surface area contributed by atoms with Crippen molar-refractivity contribution in [1.82, 2.24) is 0 Å². The third-order valence-electron chi connectivity index (χ3n) is 13.7. The van der Waals surface area contributed by atoms with Gasteiger partial charge in [-0.25, -0.2) is 0 Å². The quantitative estimate of drug-likeness (QED) is 0.154. The van der Waals surface area contributed by atoms with Gasteiger partial charge in [0.2, 0.25) is 0 Å². The van der Waals surface area contributed by atoms with Gasteiger partial charge in [-0.15, -0.1) is 0 Å². The Morgan fingerprint density at radius 1 is 0.635 bits per heavy atom. The first-order chi connectivity index (χ1) is 23.2. The predicted octanol–water partition coefficient (Wildman–Crippen LogP) is 12.8. The van der Waals surface area contributed by atoms with Crippen molar-refractivity contribution in [3.05, 3.63) is 0 Å². The van der Waals surface area contributed by atoms with Crippen LogP contribution in [-0.4, -0.2) is 71.6 Å². The fourth-order valence-electron chi connectivity index (χ4n) is 12.3. The molecule has 52 heavy (non-hydrogen) atoms. The highest BCUT2D eigenvalue weighted by atomic mass is 28.4. The number of hydrogen-bond acceptors (Lipinski definition) is 5. The van der Waals surface area contributed by atoms with Crippen LogP contribution in [0, 0.1) is 46.3 Å². The van der Waals surface area contributed by atoms with E-state index in [-0.39, 0.29) is 17.1 Å². The molecule has 0 aromatic rings. The normalized spacial score (nSPS) is 37.6. The lowest BCUT2D eigenvalue weighted by Gasteiger charge is -2.66. The summed E-state index contributed by atoms with van der Waals surface area (Å²) in [6.45, 7) is 48.3. The molecule has 5 unspecified atom stereocenters. The largest absolute Gasteiger partial charge is 0.415 e. The molecular weight excluding hydrogens is 725 g/mol. The van der Waals surface area contributed by atoms with Crippen LogP contribution in [0.1, 0.15) is 92.4 Å². The van der Waals surface area contributed by atoms with E-state index >= 15 is 0 Å². The van der Waals surface area contributed by atoms with E-state index in [4.69, 9.17) is 22.1 Å². The van der Waals surface area contributed by atoms with Crippen LogP contribution in [-0.2, 0) is 22.1 Å². The lowest BCUT2D eigenvalue weighted by molar-refractivity contribution is -0.199. The third-order valence-corrected chi connectivity index (χ3v) is 18.9. The SMILES string of the molecule is C[C@H](CCC(O[Si](C)(C)C)C(C)(C)O[Si](C)(C)C)[C@H]1CC[C@H]2[C@@H]3C(O[Si](C)(C)C)CC4CC(O[Si](C)(C)C)CC[C@]4(C)[C@H]3CC(O[Si](C)(C)C)[C@]12C. The fraction of sp³-hybridized carbons (Fsp3) is 1.00. The van der Waals surface area contributed by atoms with Crippen molar-refractivity contribution >= 4 is 41.6 Å². The van der Waals surface area contributed by atoms with Crippen molar-refractivity contribution in [3.8, 4) is 0 Å². The zero-order valence-corrected chi connectivity index (χ0v) is 43.2. The lowest BCUT2D eigenvalue weighted by Crippen LogP contribution is -2.64. The first kappa shape index (κ1) is 45.6. The Balaban J connectivity index is 1.69. The Kier molecular flexibility index (Phi) is 13.7. The minimum atomic E-state index is -1.81. The topological polar surface area (TPSA) is 46.2 Å². The van der Waals surface area contributed by atoms with Crippen molar-refractivity contribution in [2.75, 3.05) is 0 Å². The summed E-state index contributed by atoms with van der Waals surface area (Å²) in [4.78, 5) is 0. The molecule has 4 fully saturated rings. The molecule has 12 atom stereocenters. The molecule has 4 aliphatic carbocycles. The van der Waals surface area contributed by atoms with Gasteiger partial charge < -0.3 is 22.1 Å². The Bertz CT molecular complexity index is 1200. The van der Waals surface area contributed by atoms with E-state index in [0.29, 0.717) is 59.2 Å². The number of fused-ring (bicyclic) bond motifs is 5. The Labute approximate surface area is 329 Å². The Morgan fingerprint density at radius 2 is 1.21 bits per heavy atom. The minimum Gasteiger partial charge on any atom is -0.415 e. The van der Waals surface area contributed by atoms with Gasteiger partial charge in [0, 0.05) is 12.2 Å². The maximum atomic E-state index is 7.53. The van der Waals surface area contributed by atoms with Crippen molar-refractivity contribution < 1.29 is 22.1 Å². The van der Waals surface area contributed by atoms with Crippen molar-refractivity contribution in [2.45, 2.75) is 221 Å². The maximum absolute atomic E-state index is 7.53. The summed E-state index contributed by atoms with van der Waals surface area (Å²) in [7, 11) is -8.69. The number of hydrogen-bond donors (Lipinski definition) is 0. The first-order valence-electron chi connectivity index (χ1n) is 21.7. The smallest absolute Gasteiger partial charge is 0.184 e. The molecule has 0 saturated heterocycles. The molecule has 0 aromatic heterocycles. The molecule has 0 spiro atoms. The van der Waals surface area contributed by atoms with Crippen LogP contribution in [0.15, 0.2) is 0 Å². The van der Waals surface area contributed by atoms with Crippen LogP contribution in [0.5, 0.6) is 0 Å². The fourth-order valence-corrected chi connectivity index (χ4v) is 18.8. The van der Waals surface area contributed by atoms with Crippen LogP contribution >= 0.6 is 0 Å². The molecule has 4 rings (SSSR count).